The Balaban J connectivity index is 2.98. The lowest BCUT2D eigenvalue weighted by Gasteiger charge is -2.31. The second-order valence-corrected chi connectivity index (χ2v) is 12.5. The Bertz CT molecular complexity index is 745. The normalized spacial score (nSPS) is 12.6. The molecule has 0 bridgehead atoms. The zero-order valence-electron chi connectivity index (χ0n) is 16.0. The van der Waals surface area contributed by atoms with Gasteiger partial charge in [-0.25, -0.2) is 13.6 Å². The summed E-state index contributed by atoms with van der Waals surface area (Å²) in [6.45, 7) is 10.6. The van der Waals surface area contributed by atoms with Gasteiger partial charge in [0.2, 0.25) is 0 Å². The number of carbonyl (C=O) groups is 2. The maximum Gasteiger partial charge on any atom is 0.329 e. The molecule has 0 fully saturated rings. The van der Waals surface area contributed by atoms with Crippen LogP contribution in [0.4, 0.5) is 8.78 Å². The summed E-state index contributed by atoms with van der Waals surface area (Å²) in [5.41, 5.74) is 2.76. The molecular formula is C19H25F2NO3Si. The number of carbonyl (C=O) groups excluding carboxylic acids is 2. The van der Waals surface area contributed by atoms with Crippen molar-refractivity contribution < 1.29 is 23.1 Å². The summed E-state index contributed by atoms with van der Waals surface area (Å²) in [4.78, 5) is 24.1. The van der Waals surface area contributed by atoms with Crippen molar-refractivity contribution in [3.63, 3.8) is 0 Å². The van der Waals surface area contributed by atoms with Crippen LogP contribution < -0.4 is 5.32 Å². The Kier molecular flexibility index (Phi) is 7.10. The Morgan fingerprint density at radius 2 is 1.88 bits per heavy atom. The van der Waals surface area contributed by atoms with Crippen LogP contribution in [0, 0.1) is 23.1 Å². The number of hydrogen-bond acceptors (Lipinski definition) is 3. The van der Waals surface area contributed by atoms with Crippen molar-refractivity contribution >= 4 is 20.0 Å². The predicted octanol–water partition coefficient (Wildman–Crippen LogP) is 3.68. The van der Waals surface area contributed by atoms with Gasteiger partial charge in [0, 0.05) is 6.42 Å². The summed E-state index contributed by atoms with van der Waals surface area (Å²) in [6.07, 6.45) is 0.0296. The van der Waals surface area contributed by atoms with E-state index < -0.39 is 43.2 Å². The van der Waals surface area contributed by atoms with E-state index in [1.165, 1.54) is 13.2 Å². The number of halogens is 2. The maximum atomic E-state index is 13.8. The molecule has 0 aliphatic heterocycles. The monoisotopic (exact) mass is 381 g/mol. The van der Waals surface area contributed by atoms with Crippen molar-refractivity contribution in [2.45, 2.75) is 51.4 Å². The molecule has 0 saturated carbocycles. The molecule has 26 heavy (non-hydrogen) atoms. The lowest BCUT2D eigenvalue weighted by atomic mass is 10.1. The largest absolute Gasteiger partial charge is 0.467 e. The van der Waals surface area contributed by atoms with Gasteiger partial charge in [-0.3, -0.25) is 4.79 Å². The Morgan fingerprint density at radius 3 is 2.42 bits per heavy atom. The van der Waals surface area contributed by atoms with E-state index in [1.807, 2.05) is 0 Å². The van der Waals surface area contributed by atoms with E-state index in [2.05, 4.69) is 55.4 Å². The Morgan fingerprint density at radius 1 is 1.27 bits per heavy atom. The average molecular weight is 381 g/mol. The van der Waals surface area contributed by atoms with Crippen LogP contribution in [0.2, 0.25) is 18.1 Å². The molecule has 0 aliphatic rings. The first-order valence-electron chi connectivity index (χ1n) is 8.23. The van der Waals surface area contributed by atoms with Gasteiger partial charge in [-0.2, -0.15) is 0 Å². The molecule has 142 valence electrons. The molecule has 1 amide bonds. The molecule has 0 spiro atoms. The molecule has 0 aromatic heterocycles. The summed E-state index contributed by atoms with van der Waals surface area (Å²) in [6, 6.07) is 2.21. The second-order valence-electron chi connectivity index (χ2n) is 7.53. The second kappa shape index (κ2) is 8.45. The third-order valence-electron chi connectivity index (χ3n) is 4.57. The molecule has 0 heterocycles. The summed E-state index contributed by atoms with van der Waals surface area (Å²) in [7, 11) is -0.686. The van der Waals surface area contributed by atoms with Gasteiger partial charge >= 0.3 is 5.97 Å². The van der Waals surface area contributed by atoms with Crippen LogP contribution in [-0.4, -0.2) is 33.1 Å². The lowest BCUT2D eigenvalue weighted by Crippen LogP contribution is -2.42. The van der Waals surface area contributed by atoms with Gasteiger partial charge in [0.1, 0.15) is 14.1 Å². The van der Waals surface area contributed by atoms with Gasteiger partial charge in [0.25, 0.3) is 5.91 Å². The summed E-state index contributed by atoms with van der Waals surface area (Å²) in [5, 5.41) is 2.42. The zero-order chi connectivity index (χ0) is 20.1. The minimum absolute atomic E-state index is 0.0296. The number of methoxy groups -OCH3 is 1. The molecule has 1 aromatic rings. The fourth-order valence-electron chi connectivity index (χ4n) is 1.81. The van der Waals surface area contributed by atoms with Crippen molar-refractivity contribution in [1.82, 2.24) is 5.32 Å². The molecule has 0 saturated heterocycles. The fourth-order valence-corrected chi connectivity index (χ4v) is 2.73. The van der Waals surface area contributed by atoms with Gasteiger partial charge in [0.05, 0.1) is 12.7 Å². The highest BCUT2D eigenvalue weighted by atomic mass is 28.3. The number of benzene rings is 1. The van der Waals surface area contributed by atoms with E-state index in [9.17, 15) is 18.4 Å². The molecule has 7 heteroatoms. The van der Waals surface area contributed by atoms with Crippen molar-refractivity contribution in [1.29, 1.82) is 0 Å². The topological polar surface area (TPSA) is 55.4 Å². The molecule has 1 atom stereocenters. The van der Waals surface area contributed by atoms with Crippen LogP contribution in [-0.2, 0) is 9.53 Å². The Labute approximate surface area is 154 Å². The minimum atomic E-state index is -1.87. The summed E-state index contributed by atoms with van der Waals surface area (Å²) >= 11 is 0. The molecule has 0 radical (unpaired) electrons. The number of esters is 1. The quantitative estimate of drug-likeness (QED) is 0.492. The smallest absolute Gasteiger partial charge is 0.329 e. The predicted molar refractivity (Wildman–Crippen MR) is 99.2 cm³/mol. The molecule has 0 aliphatic carbocycles. The third kappa shape index (κ3) is 5.40. The van der Waals surface area contributed by atoms with Crippen LogP contribution in [0.15, 0.2) is 18.2 Å². The first-order chi connectivity index (χ1) is 11.9. The van der Waals surface area contributed by atoms with Crippen molar-refractivity contribution in [2.75, 3.05) is 7.11 Å². The zero-order valence-corrected chi connectivity index (χ0v) is 17.0. The van der Waals surface area contributed by atoms with E-state index in [1.54, 1.807) is 0 Å². The van der Waals surface area contributed by atoms with Crippen LogP contribution >= 0.6 is 0 Å². The van der Waals surface area contributed by atoms with Crippen molar-refractivity contribution in [3.8, 4) is 11.5 Å². The first-order valence-corrected chi connectivity index (χ1v) is 11.2. The van der Waals surface area contributed by atoms with Gasteiger partial charge in [0.15, 0.2) is 11.6 Å². The van der Waals surface area contributed by atoms with Gasteiger partial charge in [-0.15, -0.1) is 11.5 Å². The van der Waals surface area contributed by atoms with Gasteiger partial charge in [-0.05, 0) is 17.2 Å². The van der Waals surface area contributed by atoms with Crippen molar-refractivity contribution in [3.05, 3.63) is 35.4 Å². The van der Waals surface area contributed by atoms with E-state index >= 15 is 0 Å². The number of ether oxygens (including phenoxy) is 1. The highest BCUT2D eigenvalue weighted by Crippen LogP contribution is 2.35. The van der Waals surface area contributed by atoms with E-state index in [0.717, 1.165) is 12.1 Å². The standard InChI is InChI=1S/C19H25F2NO3Si/c1-19(2,3)26(5,6)12-8-11-15(18(24)25-4)22-17(23)13-9-7-10-14(20)16(13)21/h7,9-10,15H,11H2,1-6H3,(H,22,23)/t15-/m1/s1. The summed E-state index contributed by atoms with van der Waals surface area (Å²) < 4.78 is 31.7. The highest BCUT2D eigenvalue weighted by Gasteiger charge is 2.33. The van der Waals surface area contributed by atoms with E-state index in [4.69, 9.17) is 0 Å². The average Bonchev–Trinajstić information content (AvgIpc) is 2.54. The number of nitrogens with one attached hydrogen (secondary N) is 1. The molecule has 1 N–H and O–H groups in total. The van der Waals surface area contributed by atoms with Crippen LogP contribution in [0.1, 0.15) is 37.6 Å². The number of hydrogen-bond donors (Lipinski definition) is 1. The fraction of sp³-hybridized carbons (Fsp3) is 0.474. The summed E-state index contributed by atoms with van der Waals surface area (Å²) in [5.74, 6) is -1.03. The van der Waals surface area contributed by atoms with Crippen LogP contribution in [0.25, 0.3) is 0 Å². The molecular weight excluding hydrogens is 356 g/mol. The van der Waals surface area contributed by atoms with E-state index in [-0.39, 0.29) is 11.5 Å². The molecule has 4 nitrogen and oxygen atoms in total. The van der Waals surface area contributed by atoms with Crippen LogP contribution in [0.3, 0.4) is 0 Å². The lowest BCUT2D eigenvalue weighted by molar-refractivity contribution is -0.142. The molecule has 1 rings (SSSR count). The number of rotatable bonds is 4. The van der Waals surface area contributed by atoms with Crippen LogP contribution in [0.5, 0.6) is 0 Å². The SMILES string of the molecule is COC(=O)[C@@H](CC#C[Si](C)(C)C(C)(C)C)NC(=O)c1cccc(F)c1F. The molecule has 1 aromatic carbocycles. The van der Waals surface area contributed by atoms with Crippen molar-refractivity contribution in [2.24, 2.45) is 0 Å². The molecule has 0 unspecified atom stereocenters. The Hall–Kier alpha value is -2.20. The van der Waals surface area contributed by atoms with E-state index in [0.29, 0.717) is 0 Å². The minimum Gasteiger partial charge on any atom is -0.467 e. The maximum absolute atomic E-state index is 13.8. The highest BCUT2D eigenvalue weighted by molar-refractivity contribution is 6.87. The first kappa shape index (κ1) is 21.8. The number of amides is 1. The third-order valence-corrected chi connectivity index (χ3v) is 9.12. The van der Waals surface area contributed by atoms with Gasteiger partial charge in [-0.1, -0.05) is 39.9 Å². The van der Waals surface area contributed by atoms with Gasteiger partial charge < -0.3 is 10.1 Å².